The summed E-state index contributed by atoms with van der Waals surface area (Å²) in [7, 11) is -14.3. The van der Waals surface area contributed by atoms with E-state index in [0.29, 0.717) is 23.2 Å². The molecule has 1 aliphatic rings. The van der Waals surface area contributed by atoms with Crippen LogP contribution in [0.4, 0.5) is 10.6 Å². The Morgan fingerprint density at radius 1 is 1.13 bits per heavy atom. The van der Waals surface area contributed by atoms with Crippen molar-refractivity contribution in [3.05, 3.63) is 18.1 Å². The van der Waals surface area contributed by atoms with Crippen molar-refractivity contribution in [3.63, 3.8) is 0 Å². The number of anilines is 1. The number of carbonyl (C=O) groups excluding carboxylic acids is 2. The Hall–Kier alpha value is -2.07. The second-order valence-corrected chi connectivity index (χ2v) is 17.7. The van der Waals surface area contributed by atoms with Gasteiger partial charge in [0, 0.05) is 30.5 Å². The minimum Gasteiger partial charge on any atom is -0.449 e. The van der Waals surface area contributed by atoms with Gasteiger partial charge in [-0.1, -0.05) is 33.4 Å². The monoisotopic (exact) mass is 834 g/mol. The molecule has 1 aliphatic heterocycles. The van der Waals surface area contributed by atoms with E-state index >= 15 is 0 Å². The average Bonchev–Trinajstić information content (AvgIpc) is 3.59. The quantitative estimate of drug-likeness (QED) is 0.0288. The van der Waals surface area contributed by atoms with E-state index in [1.165, 1.54) is 24.0 Å². The first-order valence-electron chi connectivity index (χ1n) is 15.1. The van der Waals surface area contributed by atoms with Crippen molar-refractivity contribution in [2.45, 2.75) is 45.0 Å². The maximum absolute atomic E-state index is 12.4. The minimum atomic E-state index is -5.75. The summed E-state index contributed by atoms with van der Waals surface area (Å²) < 4.78 is 65.8. The molecule has 22 nitrogen and oxygen atoms in total. The number of fused-ring (bicyclic) bond motifs is 1. The van der Waals surface area contributed by atoms with E-state index in [-0.39, 0.29) is 49.8 Å². The van der Waals surface area contributed by atoms with Crippen molar-refractivity contribution >= 4 is 80.8 Å². The SMILES string of the molecule is CB(O)NCCSSCCOC(=O)NCC#Cc1cn([C@H]2C[C@@H](OCCC(C)=O)[C@@H](COP(=O)(O)OP(=O)(O)OP(=O)(O)O)O2)c2ncnc(N)c12. The fraction of sp³-hybridized carbons (Fsp3) is 0.583. The number of rotatable bonds is 21. The number of nitrogens with one attached hydrogen (secondary N) is 2. The molecule has 28 heteroatoms. The van der Waals surface area contributed by atoms with Crippen LogP contribution in [0.5, 0.6) is 0 Å². The second kappa shape index (κ2) is 20.6. The van der Waals surface area contributed by atoms with E-state index in [1.54, 1.807) is 28.4 Å². The number of hydrogen-bond donors (Lipinski definition) is 8. The molecule has 2 unspecified atom stereocenters. The minimum absolute atomic E-state index is 0.0306. The molecule has 1 saturated heterocycles. The van der Waals surface area contributed by atoms with Crippen molar-refractivity contribution in [2.24, 2.45) is 0 Å². The Labute approximate surface area is 305 Å². The molecule has 0 aromatic carbocycles. The molecule has 3 rings (SSSR count). The third-order valence-electron chi connectivity index (χ3n) is 6.39. The Kier molecular flexibility index (Phi) is 17.5. The van der Waals surface area contributed by atoms with Crippen LogP contribution in [0.25, 0.3) is 11.0 Å². The number of alkyl carbamates (subject to hydrolysis) is 1. The van der Waals surface area contributed by atoms with Crippen LogP contribution in [-0.4, -0.2) is 115 Å². The summed E-state index contributed by atoms with van der Waals surface area (Å²) in [5.41, 5.74) is 6.78. The lowest BCUT2D eigenvalue weighted by Crippen LogP contribution is -2.32. The number of ketones is 1. The maximum Gasteiger partial charge on any atom is 0.490 e. The highest BCUT2D eigenvalue weighted by Crippen LogP contribution is 2.66. The fourth-order valence-corrected chi connectivity index (χ4v) is 9.13. The van der Waals surface area contributed by atoms with Crippen molar-refractivity contribution < 1.29 is 75.2 Å². The van der Waals surface area contributed by atoms with Gasteiger partial charge in [-0.05, 0) is 20.3 Å². The number of amides is 1. The number of phosphoric ester groups is 1. The normalized spacial score (nSPS) is 19.7. The molecule has 0 aliphatic carbocycles. The predicted molar refractivity (Wildman–Crippen MR) is 188 cm³/mol. The molecular formula is C24H38BN6O16P3S2. The smallest absolute Gasteiger partial charge is 0.449 e. The number of carbonyl (C=O) groups is 2. The summed E-state index contributed by atoms with van der Waals surface area (Å²) in [6.45, 7) is 2.85. The molecule has 0 saturated carbocycles. The van der Waals surface area contributed by atoms with E-state index < -0.39 is 61.7 Å². The van der Waals surface area contributed by atoms with Crippen LogP contribution in [0.15, 0.2) is 12.5 Å². The lowest BCUT2D eigenvalue weighted by molar-refractivity contribution is -0.119. The van der Waals surface area contributed by atoms with Gasteiger partial charge in [0.05, 0.1) is 36.8 Å². The van der Waals surface area contributed by atoms with Crippen LogP contribution in [0, 0.1) is 11.8 Å². The first-order valence-corrected chi connectivity index (χ1v) is 22.1. The standard InChI is InChI=1S/C24H38BN6O16P3S2/c1-16(32)5-8-42-18-12-20(45-19(18)14-44-49(38,39)47-50(40,41)46-48(35,36)37)31-13-17(21-22(26)28-15-29-23(21)31)4-3-6-27-24(33)43-9-11-52-51-10-7-30-25(2)34/h13,15,18-20,30,34H,5-12,14H2,1-2H3,(H,27,33)(H,38,39)(H,40,41)(H2,26,28,29)(H2,35,36,37)/t18-,19-,20-/m1/s1. The van der Waals surface area contributed by atoms with Gasteiger partial charge < -0.3 is 59.7 Å². The van der Waals surface area contributed by atoms with Crippen molar-refractivity contribution in [1.82, 2.24) is 25.1 Å². The van der Waals surface area contributed by atoms with Gasteiger partial charge in [0.1, 0.15) is 42.5 Å². The number of phosphoric acid groups is 3. The largest absolute Gasteiger partial charge is 0.490 e. The maximum atomic E-state index is 12.4. The number of nitrogens with two attached hydrogens (primary N) is 1. The fourth-order valence-electron chi connectivity index (χ4n) is 4.35. The van der Waals surface area contributed by atoms with E-state index in [9.17, 15) is 33.1 Å². The number of ether oxygens (including phenoxy) is 3. The van der Waals surface area contributed by atoms with E-state index in [2.05, 4.69) is 41.0 Å². The molecule has 5 atom stereocenters. The molecule has 1 fully saturated rings. The Balaban J connectivity index is 1.67. The van der Waals surface area contributed by atoms with Crippen molar-refractivity contribution in [2.75, 3.05) is 50.1 Å². The molecule has 2 aromatic rings. The van der Waals surface area contributed by atoms with E-state index in [1.807, 2.05) is 0 Å². The molecule has 0 radical (unpaired) electrons. The molecule has 0 bridgehead atoms. The molecule has 3 heterocycles. The highest BCUT2D eigenvalue weighted by molar-refractivity contribution is 8.76. The van der Waals surface area contributed by atoms with Gasteiger partial charge in [-0.25, -0.2) is 28.5 Å². The van der Waals surface area contributed by atoms with Crippen LogP contribution in [0.3, 0.4) is 0 Å². The van der Waals surface area contributed by atoms with Crippen molar-refractivity contribution in [3.8, 4) is 11.8 Å². The number of Topliss-reactive ketones (excluding diaryl/α,β-unsaturated/α-hetero) is 1. The van der Waals surface area contributed by atoms with Gasteiger partial charge >= 0.3 is 36.6 Å². The lowest BCUT2D eigenvalue weighted by atomic mass is 9.89. The molecule has 0 spiro atoms. The van der Waals surface area contributed by atoms with E-state index in [4.69, 9.17) is 39.3 Å². The first kappa shape index (κ1) is 44.3. The topological polar surface area (TPSA) is 323 Å². The molecule has 290 valence electrons. The molecule has 52 heavy (non-hydrogen) atoms. The molecule has 1 amide bonds. The van der Waals surface area contributed by atoms with Crippen molar-refractivity contribution in [1.29, 1.82) is 0 Å². The average molecular weight is 834 g/mol. The summed E-state index contributed by atoms with van der Waals surface area (Å²) in [4.78, 5) is 68.7. The zero-order valence-electron chi connectivity index (χ0n) is 27.6. The number of nitrogen functional groups attached to an aromatic ring is 1. The van der Waals surface area contributed by atoms with Gasteiger partial charge in [-0.15, -0.1) is 0 Å². The number of hydrogen-bond acceptors (Lipinski definition) is 18. The predicted octanol–water partition coefficient (Wildman–Crippen LogP) is 1.17. The Morgan fingerprint density at radius 3 is 2.56 bits per heavy atom. The summed E-state index contributed by atoms with van der Waals surface area (Å²) in [5, 5.41) is 14.9. The molecular weight excluding hydrogens is 796 g/mol. The van der Waals surface area contributed by atoms with Gasteiger partial charge in [0.25, 0.3) is 0 Å². The third-order valence-corrected chi connectivity index (χ3v) is 12.6. The van der Waals surface area contributed by atoms with Crippen LogP contribution in [0.1, 0.15) is 31.6 Å². The van der Waals surface area contributed by atoms with Crippen LogP contribution in [0.2, 0.25) is 6.82 Å². The number of aromatic nitrogens is 3. The van der Waals surface area contributed by atoms with Crippen LogP contribution < -0.4 is 16.3 Å². The van der Waals surface area contributed by atoms with Gasteiger partial charge in [0.15, 0.2) is 0 Å². The highest BCUT2D eigenvalue weighted by atomic mass is 33.1. The van der Waals surface area contributed by atoms with Gasteiger partial charge in [0.2, 0.25) is 0 Å². The third kappa shape index (κ3) is 15.7. The summed E-state index contributed by atoms with van der Waals surface area (Å²) in [6.07, 6.45) is -0.770. The Morgan fingerprint density at radius 2 is 1.87 bits per heavy atom. The first-order chi connectivity index (χ1) is 24.4. The lowest BCUT2D eigenvalue weighted by Gasteiger charge is -2.21. The van der Waals surface area contributed by atoms with Gasteiger partial charge in [-0.2, -0.15) is 8.62 Å². The highest BCUT2D eigenvalue weighted by Gasteiger charge is 2.43. The van der Waals surface area contributed by atoms with Crippen LogP contribution in [-0.2, 0) is 45.8 Å². The Bertz CT molecular complexity index is 1740. The zero-order valence-corrected chi connectivity index (χ0v) is 31.9. The summed E-state index contributed by atoms with van der Waals surface area (Å²) >= 11 is 0. The molecule has 9 N–H and O–H groups in total. The number of nitrogens with zero attached hydrogens (tertiary/aromatic N) is 3. The zero-order chi connectivity index (χ0) is 38.5. The molecule has 2 aromatic heterocycles. The summed E-state index contributed by atoms with van der Waals surface area (Å²) in [6, 6.07) is 0. The van der Waals surface area contributed by atoms with Crippen LogP contribution >= 0.6 is 45.1 Å². The van der Waals surface area contributed by atoms with Gasteiger partial charge in [-0.3, -0.25) is 9.32 Å². The van der Waals surface area contributed by atoms with E-state index in [0.717, 1.165) is 5.75 Å². The second-order valence-electron chi connectivity index (χ2n) is 10.6. The summed E-state index contributed by atoms with van der Waals surface area (Å²) in [5.74, 6) is 6.92.